The normalized spacial score (nSPS) is 19.5. The van der Waals surface area contributed by atoms with Gasteiger partial charge in [0.1, 0.15) is 5.01 Å². The van der Waals surface area contributed by atoms with Crippen LogP contribution in [0.15, 0.2) is 24.3 Å². The van der Waals surface area contributed by atoms with E-state index >= 15 is 0 Å². The molecule has 2 heterocycles. The molecule has 1 N–H and O–H groups in total. The molecule has 4 heteroatoms. The quantitative estimate of drug-likeness (QED) is 0.934. The van der Waals surface area contributed by atoms with E-state index in [0.717, 1.165) is 5.52 Å². The molecule has 2 aromatic rings. The molecule has 3 rings (SSSR count). The smallest absolute Gasteiger partial charge is 0.111 e. The Kier molecular flexibility index (Phi) is 4.34. The molecule has 20 heavy (non-hydrogen) atoms. The fraction of sp³-hybridized carbons (Fsp3) is 0.562. The second kappa shape index (κ2) is 6.20. The molecule has 1 aromatic carbocycles. The lowest BCUT2D eigenvalue weighted by molar-refractivity contribution is 0.200. The van der Waals surface area contributed by atoms with Crippen LogP contribution in [0.4, 0.5) is 0 Å². The SMILES string of the molecule is CCN1CCC(NC(C)c2nc3ccccc3s2)CC1. The molecule has 0 aliphatic carbocycles. The van der Waals surface area contributed by atoms with E-state index in [1.165, 1.54) is 42.2 Å². The van der Waals surface area contributed by atoms with E-state index in [-0.39, 0.29) is 0 Å². The number of nitrogens with zero attached hydrogens (tertiary/aromatic N) is 2. The second-order valence-electron chi connectivity index (χ2n) is 5.62. The van der Waals surface area contributed by atoms with Crippen molar-refractivity contribution in [2.75, 3.05) is 19.6 Å². The molecule has 1 aliphatic rings. The Morgan fingerprint density at radius 3 is 2.80 bits per heavy atom. The minimum absolute atomic E-state index is 0.352. The minimum atomic E-state index is 0.352. The second-order valence-corrected chi connectivity index (χ2v) is 6.68. The van der Waals surface area contributed by atoms with Crippen LogP contribution in [0.2, 0.25) is 0 Å². The Hall–Kier alpha value is -0.970. The highest BCUT2D eigenvalue weighted by molar-refractivity contribution is 7.18. The molecule has 1 fully saturated rings. The van der Waals surface area contributed by atoms with E-state index < -0.39 is 0 Å². The minimum Gasteiger partial charge on any atom is -0.305 e. The van der Waals surface area contributed by atoms with Gasteiger partial charge in [-0.25, -0.2) is 4.98 Å². The predicted octanol–water partition coefficient (Wildman–Crippen LogP) is 3.43. The number of benzene rings is 1. The van der Waals surface area contributed by atoms with Crippen LogP contribution in [0.25, 0.3) is 10.2 Å². The van der Waals surface area contributed by atoms with Crippen molar-refractivity contribution in [3.05, 3.63) is 29.3 Å². The number of rotatable bonds is 4. The summed E-state index contributed by atoms with van der Waals surface area (Å²) in [6.07, 6.45) is 2.51. The zero-order chi connectivity index (χ0) is 13.9. The van der Waals surface area contributed by atoms with E-state index in [1.807, 2.05) is 11.3 Å². The van der Waals surface area contributed by atoms with E-state index in [1.54, 1.807) is 0 Å². The van der Waals surface area contributed by atoms with Crippen LogP contribution in [-0.4, -0.2) is 35.6 Å². The van der Waals surface area contributed by atoms with Gasteiger partial charge in [-0.05, 0) is 51.5 Å². The van der Waals surface area contributed by atoms with E-state index in [0.29, 0.717) is 12.1 Å². The number of likely N-dealkylation sites (tertiary alicyclic amines) is 1. The summed E-state index contributed by atoms with van der Waals surface area (Å²) in [4.78, 5) is 7.28. The summed E-state index contributed by atoms with van der Waals surface area (Å²) < 4.78 is 1.29. The molecular formula is C16H23N3S. The number of piperidine rings is 1. The van der Waals surface area contributed by atoms with Gasteiger partial charge in [-0.15, -0.1) is 11.3 Å². The molecule has 1 saturated heterocycles. The first-order valence-electron chi connectivity index (χ1n) is 7.60. The topological polar surface area (TPSA) is 28.2 Å². The molecule has 0 amide bonds. The first kappa shape index (κ1) is 14.0. The van der Waals surface area contributed by atoms with Crippen molar-refractivity contribution in [1.29, 1.82) is 0 Å². The predicted molar refractivity (Wildman–Crippen MR) is 86.3 cm³/mol. The zero-order valence-electron chi connectivity index (χ0n) is 12.3. The van der Waals surface area contributed by atoms with Gasteiger partial charge < -0.3 is 10.2 Å². The molecule has 0 radical (unpaired) electrons. The van der Waals surface area contributed by atoms with Gasteiger partial charge >= 0.3 is 0 Å². The van der Waals surface area contributed by atoms with Gasteiger partial charge in [0.2, 0.25) is 0 Å². The Balaban J connectivity index is 1.63. The summed E-state index contributed by atoms with van der Waals surface area (Å²) in [7, 11) is 0. The lowest BCUT2D eigenvalue weighted by atomic mass is 10.0. The van der Waals surface area contributed by atoms with E-state index in [2.05, 4.69) is 48.3 Å². The first-order chi connectivity index (χ1) is 9.76. The average molecular weight is 289 g/mol. The van der Waals surface area contributed by atoms with Crippen LogP contribution in [0.5, 0.6) is 0 Å². The van der Waals surface area contributed by atoms with Gasteiger partial charge in [-0.3, -0.25) is 0 Å². The van der Waals surface area contributed by atoms with Gasteiger partial charge in [0, 0.05) is 6.04 Å². The number of hydrogen-bond acceptors (Lipinski definition) is 4. The zero-order valence-corrected chi connectivity index (χ0v) is 13.1. The van der Waals surface area contributed by atoms with Crippen molar-refractivity contribution in [3.63, 3.8) is 0 Å². The molecule has 1 aromatic heterocycles. The number of hydrogen-bond donors (Lipinski definition) is 1. The fourth-order valence-corrected chi connectivity index (χ4v) is 3.89. The highest BCUT2D eigenvalue weighted by atomic mass is 32.1. The third-order valence-electron chi connectivity index (χ3n) is 4.20. The van der Waals surface area contributed by atoms with Crippen molar-refractivity contribution in [3.8, 4) is 0 Å². The van der Waals surface area contributed by atoms with E-state index in [4.69, 9.17) is 4.98 Å². The summed E-state index contributed by atoms with van der Waals surface area (Å²) in [5.74, 6) is 0. The maximum absolute atomic E-state index is 4.75. The summed E-state index contributed by atoms with van der Waals surface area (Å²) in [6.45, 7) is 8.11. The molecule has 1 aliphatic heterocycles. The van der Waals surface area contributed by atoms with Crippen LogP contribution in [-0.2, 0) is 0 Å². The molecule has 1 unspecified atom stereocenters. The maximum atomic E-state index is 4.75. The highest BCUT2D eigenvalue weighted by Gasteiger charge is 2.21. The van der Waals surface area contributed by atoms with Crippen LogP contribution in [0.3, 0.4) is 0 Å². The summed E-state index contributed by atoms with van der Waals surface area (Å²) in [5, 5.41) is 4.97. The lowest BCUT2D eigenvalue weighted by Gasteiger charge is -2.32. The molecular weight excluding hydrogens is 266 g/mol. The summed E-state index contributed by atoms with van der Waals surface area (Å²) in [5.41, 5.74) is 1.13. The Morgan fingerprint density at radius 1 is 1.35 bits per heavy atom. The fourth-order valence-electron chi connectivity index (χ4n) is 2.92. The molecule has 1 atom stereocenters. The molecule has 0 saturated carbocycles. The average Bonchev–Trinajstić information content (AvgIpc) is 2.92. The van der Waals surface area contributed by atoms with Gasteiger partial charge in [0.15, 0.2) is 0 Å². The number of para-hydroxylation sites is 1. The lowest BCUT2D eigenvalue weighted by Crippen LogP contribution is -2.43. The van der Waals surface area contributed by atoms with Crippen molar-refractivity contribution < 1.29 is 0 Å². The largest absolute Gasteiger partial charge is 0.305 e. The Labute approximate surface area is 125 Å². The molecule has 0 bridgehead atoms. The Morgan fingerprint density at radius 2 is 2.10 bits per heavy atom. The van der Waals surface area contributed by atoms with Crippen molar-refractivity contribution in [2.45, 2.75) is 38.8 Å². The number of thiazole rings is 1. The van der Waals surface area contributed by atoms with Crippen LogP contribution < -0.4 is 5.32 Å². The van der Waals surface area contributed by atoms with Gasteiger partial charge in [-0.1, -0.05) is 19.1 Å². The molecule has 108 valence electrons. The molecule has 0 spiro atoms. The standard InChI is InChI=1S/C16H23N3S/c1-3-19-10-8-13(9-11-19)17-12(2)16-18-14-6-4-5-7-15(14)20-16/h4-7,12-13,17H,3,8-11H2,1-2H3. The Bertz CT molecular complexity index is 525. The maximum Gasteiger partial charge on any atom is 0.111 e. The number of fused-ring (bicyclic) bond motifs is 1. The summed E-state index contributed by atoms with van der Waals surface area (Å²) in [6, 6.07) is 9.39. The van der Waals surface area contributed by atoms with Crippen molar-refractivity contribution >= 4 is 21.6 Å². The van der Waals surface area contributed by atoms with Gasteiger partial charge in [-0.2, -0.15) is 0 Å². The third-order valence-corrected chi connectivity index (χ3v) is 5.42. The van der Waals surface area contributed by atoms with Crippen LogP contribution in [0.1, 0.15) is 37.7 Å². The van der Waals surface area contributed by atoms with E-state index in [9.17, 15) is 0 Å². The molecule has 3 nitrogen and oxygen atoms in total. The number of aromatic nitrogens is 1. The van der Waals surface area contributed by atoms with Gasteiger partial charge in [0.25, 0.3) is 0 Å². The van der Waals surface area contributed by atoms with Crippen LogP contribution in [0, 0.1) is 0 Å². The van der Waals surface area contributed by atoms with Crippen molar-refractivity contribution in [1.82, 2.24) is 15.2 Å². The van der Waals surface area contributed by atoms with Gasteiger partial charge in [0.05, 0.1) is 16.3 Å². The van der Waals surface area contributed by atoms with Crippen molar-refractivity contribution in [2.24, 2.45) is 0 Å². The monoisotopic (exact) mass is 289 g/mol. The number of nitrogens with one attached hydrogen (secondary N) is 1. The summed E-state index contributed by atoms with van der Waals surface area (Å²) >= 11 is 1.81. The third kappa shape index (κ3) is 3.03. The van der Waals surface area contributed by atoms with Crippen LogP contribution >= 0.6 is 11.3 Å². The first-order valence-corrected chi connectivity index (χ1v) is 8.41. The highest BCUT2D eigenvalue weighted by Crippen LogP contribution is 2.27.